The van der Waals surface area contributed by atoms with Crippen LogP contribution in [0.25, 0.3) is 0 Å². The highest BCUT2D eigenvalue weighted by molar-refractivity contribution is 9.10. The van der Waals surface area contributed by atoms with Crippen LogP contribution in [0.3, 0.4) is 0 Å². The molecule has 0 aliphatic heterocycles. The van der Waals surface area contributed by atoms with Gasteiger partial charge >= 0.3 is 0 Å². The Morgan fingerprint density at radius 1 is 1.04 bits per heavy atom. The first-order valence-corrected chi connectivity index (χ1v) is 9.98. The van der Waals surface area contributed by atoms with Crippen molar-refractivity contribution >= 4 is 33.7 Å². The maximum absolute atomic E-state index is 12.5. The highest BCUT2D eigenvalue weighted by atomic mass is 79.9. The van der Waals surface area contributed by atoms with E-state index >= 15 is 0 Å². The van der Waals surface area contributed by atoms with Crippen molar-refractivity contribution in [2.45, 2.75) is 31.3 Å². The minimum atomic E-state index is -0.682. The number of benzene rings is 2. The molecule has 2 aromatic carbocycles. The Bertz CT molecular complexity index is 853. The van der Waals surface area contributed by atoms with Crippen molar-refractivity contribution in [2.75, 3.05) is 6.54 Å². The zero-order chi connectivity index (χ0) is 19.9. The van der Waals surface area contributed by atoms with Crippen LogP contribution in [0.4, 0.5) is 0 Å². The second kappa shape index (κ2) is 9.50. The molecular formula is C21H22BrN3O3. The van der Waals surface area contributed by atoms with Gasteiger partial charge in [-0.25, -0.2) is 0 Å². The van der Waals surface area contributed by atoms with Crippen molar-refractivity contribution in [1.82, 2.24) is 16.0 Å². The fourth-order valence-electron chi connectivity index (χ4n) is 2.73. The van der Waals surface area contributed by atoms with Crippen LogP contribution < -0.4 is 16.0 Å². The van der Waals surface area contributed by atoms with Crippen LogP contribution in [-0.2, 0) is 16.0 Å². The molecule has 0 heterocycles. The van der Waals surface area contributed by atoms with Crippen LogP contribution in [0.15, 0.2) is 59.1 Å². The quantitative estimate of drug-likeness (QED) is 0.584. The SMILES string of the molecule is O=C(CNC(=O)c1cccc(Br)c1)NC(Cc1ccccc1)C(=O)NC1CC1. The van der Waals surface area contributed by atoms with E-state index in [4.69, 9.17) is 0 Å². The van der Waals surface area contributed by atoms with Crippen molar-refractivity contribution < 1.29 is 14.4 Å². The second-order valence-corrected chi connectivity index (χ2v) is 7.70. The van der Waals surface area contributed by atoms with Crippen molar-refractivity contribution in [1.29, 1.82) is 0 Å². The van der Waals surface area contributed by atoms with Crippen LogP contribution in [-0.4, -0.2) is 36.3 Å². The van der Waals surface area contributed by atoms with Gasteiger partial charge in [0.1, 0.15) is 6.04 Å². The van der Waals surface area contributed by atoms with Crippen molar-refractivity contribution in [2.24, 2.45) is 0 Å². The Kier molecular flexibility index (Phi) is 6.81. The van der Waals surface area contributed by atoms with Gasteiger partial charge in [-0.05, 0) is 36.6 Å². The number of carbonyl (C=O) groups excluding carboxylic acids is 3. The summed E-state index contributed by atoms with van der Waals surface area (Å²) in [5.74, 6) is -0.952. The molecule has 0 bridgehead atoms. The minimum absolute atomic E-state index is 0.196. The topological polar surface area (TPSA) is 87.3 Å². The monoisotopic (exact) mass is 443 g/mol. The number of hydrogen-bond acceptors (Lipinski definition) is 3. The molecule has 146 valence electrons. The lowest BCUT2D eigenvalue weighted by Gasteiger charge is -2.19. The maximum Gasteiger partial charge on any atom is 0.251 e. The summed E-state index contributed by atoms with van der Waals surface area (Å²) in [5.41, 5.74) is 1.41. The number of nitrogens with one attached hydrogen (secondary N) is 3. The van der Waals surface area contributed by atoms with Gasteiger partial charge < -0.3 is 16.0 Å². The molecule has 1 atom stereocenters. The summed E-state index contributed by atoms with van der Waals surface area (Å²) < 4.78 is 0.782. The largest absolute Gasteiger partial charge is 0.352 e. The van der Waals surface area contributed by atoms with Gasteiger partial charge in [0.15, 0.2) is 0 Å². The Morgan fingerprint density at radius 3 is 2.46 bits per heavy atom. The molecule has 3 N–H and O–H groups in total. The van der Waals surface area contributed by atoms with E-state index in [1.165, 1.54) is 0 Å². The zero-order valence-corrected chi connectivity index (χ0v) is 16.9. The Balaban J connectivity index is 1.56. The molecule has 0 aromatic heterocycles. The van der Waals surface area contributed by atoms with Crippen LogP contribution in [0.2, 0.25) is 0 Å². The summed E-state index contributed by atoms with van der Waals surface area (Å²) in [5, 5.41) is 8.26. The van der Waals surface area contributed by atoms with Crippen molar-refractivity contribution in [3.63, 3.8) is 0 Å². The van der Waals surface area contributed by atoms with Gasteiger partial charge in [-0.3, -0.25) is 14.4 Å². The third-order valence-corrected chi connectivity index (χ3v) is 4.85. The van der Waals surface area contributed by atoms with Gasteiger partial charge in [0.25, 0.3) is 5.91 Å². The first-order chi connectivity index (χ1) is 13.5. The molecule has 1 aliphatic carbocycles. The Labute approximate surface area is 172 Å². The molecule has 1 fully saturated rings. The first kappa shape index (κ1) is 20.1. The smallest absolute Gasteiger partial charge is 0.251 e. The van der Waals surface area contributed by atoms with Gasteiger partial charge in [0.2, 0.25) is 11.8 Å². The molecule has 1 saturated carbocycles. The highest BCUT2D eigenvalue weighted by Gasteiger charge is 2.28. The predicted octanol–water partition coefficient (Wildman–Crippen LogP) is 2.18. The fourth-order valence-corrected chi connectivity index (χ4v) is 3.13. The summed E-state index contributed by atoms with van der Waals surface area (Å²) in [6.45, 7) is -0.201. The van der Waals surface area contributed by atoms with E-state index in [9.17, 15) is 14.4 Å². The molecule has 2 aromatic rings. The molecule has 3 rings (SSSR count). The normalized spacial score (nSPS) is 14.0. The van der Waals surface area contributed by atoms with Crippen LogP contribution >= 0.6 is 15.9 Å². The summed E-state index contributed by atoms with van der Waals surface area (Å²) >= 11 is 3.31. The number of amides is 3. The van der Waals surface area contributed by atoms with Crippen LogP contribution in [0.5, 0.6) is 0 Å². The third-order valence-electron chi connectivity index (χ3n) is 4.35. The van der Waals surface area contributed by atoms with E-state index in [0.717, 1.165) is 22.9 Å². The summed E-state index contributed by atoms with van der Waals surface area (Å²) in [6, 6.07) is 15.9. The van der Waals surface area contributed by atoms with E-state index in [-0.39, 0.29) is 24.4 Å². The summed E-state index contributed by atoms with van der Waals surface area (Å²) in [7, 11) is 0. The van der Waals surface area contributed by atoms with E-state index in [1.54, 1.807) is 18.2 Å². The van der Waals surface area contributed by atoms with Crippen molar-refractivity contribution in [3.8, 4) is 0 Å². The predicted molar refractivity (Wildman–Crippen MR) is 110 cm³/mol. The Morgan fingerprint density at radius 2 is 1.79 bits per heavy atom. The van der Waals surface area contributed by atoms with Crippen molar-refractivity contribution in [3.05, 3.63) is 70.2 Å². The number of halogens is 1. The average Bonchev–Trinajstić information content (AvgIpc) is 3.50. The van der Waals surface area contributed by atoms with E-state index in [1.807, 2.05) is 36.4 Å². The van der Waals surface area contributed by atoms with Gasteiger partial charge in [-0.15, -0.1) is 0 Å². The van der Waals surface area contributed by atoms with Crippen LogP contribution in [0, 0.1) is 0 Å². The summed E-state index contributed by atoms with van der Waals surface area (Å²) in [6.07, 6.45) is 2.34. The standard InChI is InChI=1S/C21H22BrN3O3/c22-16-8-4-7-15(12-16)20(27)23-13-19(26)25-18(21(28)24-17-9-10-17)11-14-5-2-1-3-6-14/h1-8,12,17-18H,9-11,13H2,(H,23,27)(H,24,28)(H,25,26). The van der Waals surface area contributed by atoms with Gasteiger partial charge in [0.05, 0.1) is 6.54 Å². The van der Waals surface area contributed by atoms with Crippen LogP contribution in [0.1, 0.15) is 28.8 Å². The van der Waals surface area contributed by atoms with E-state index < -0.39 is 11.9 Å². The molecule has 0 radical (unpaired) electrons. The van der Waals surface area contributed by atoms with E-state index in [0.29, 0.717) is 12.0 Å². The van der Waals surface area contributed by atoms with Gasteiger partial charge in [-0.1, -0.05) is 52.3 Å². The minimum Gasteiger partial charge on any atom is -0.352 e. The molecule has 7 heteroatoms. The number of hydrogen-bond donors (Lipinski definition) is 3. The fraction of sp³-hybridized carbons (Fsp3) is 0.286. The maximum atomic E-state index is 12.5. The van der Waals surface area contributed by atoms with E-state index in [2.05, 4.69) is 31.9 Å². The second-order valence-electron chi connectivity index (χ2n) is 6.79. The molecule has 0 spiro atoms. The number of rotatable bonds is 8. The molecule has 3 amide bonds. The first-order valence-electron chi connectivity index (χ1n) is 9.18. The highest BCUT2D eigenvalue weighted by Crippen LogP contribution is 2.19. The lowest BCUT2D eigenvalue weighted by Crippen LogP contribution is -2.51. The average molecular weight is 444 g/mol. The van der Waals surface area contributed by atoms with Gasteiger partial charge in [-0.2, -0.15) is 0 Å². The molecule has 6 nitrogen and oxygen atoms in total. The number of carbonyl (C=O) groups is 3. The molecule has 1 unspecified atom stereocenters. The van der Waals surface area contributed by atoms with Gasteiger partial charge in [0, 0.05) is 22.5 Å². The Hall–Kier alpha value is -2.67. The summed E-state index contributed by atoms with van der Waals surface area (Å²) in [4.78, 5) is 37.0. The molecule has 28 heavy (non-hydrogen) atoms. The lowest BCUT2D eigenvalue weighted by molar-refractivity contribution is -0.128. The molecular weight excluding hydrogens is 422 g/mol. The molecule has 0 saturated heterocycles. The third kappa shape index (κ3) is 6.20. The lowest BCUT2D eigenvalue weighted by atomic mass is 10.1. The molecule has 1 aliphatic rings. The zero-order valence-electron chi connectivity index (χ0n) is 15.3.